The molecule has 1 rings (SSSR count). The van der Waals surface area contributed by atoms with Crippen LogP contribution in [0, 0.1) is 23.7 Å². The minimum absolute atomic E-state index is 0. The lowest BCUT2D eigenvalue weighted by Crippen LogP contribution is -2.35. The first kappa shape index (κ1) is 33.4. The number of ether oxygens (including phenoxy) is 1. The Morgan fingerprint density at radius 1 is 1.07 bits per heavy atom. The summed E-state index contributed by atoms with van der Waals surface area (Å²) in [6.07, 6.45) is 2.35. The summed E-state index contributed by atoms with van der Waals surface area (Å²) < 4.78 is 5.56. The van der Waals surface area contributed by atoms with Crippen molar-refractivity contribution in [3.8, 4) is 0 Å². The molecule has 1 aliphatic heterocycles. The van der Waals surface area contributed by atoms with E-state index in [9.17, 15) is 19.5 Å². The molecule has 0 aliphatic carbocycles. The van der Waals surface area contributed by atoms with E-state index in [2.05, 4.69) is 13.8 Å². The van der Waals surface area contributed by atoms with Crippen LogP contribution in [0.4, 0.5) is 0 Å². The number of carbonyl (C=O) groups excluding carboxylic acids is 3. The van der Waals surface area contributed by atoms with Crippen molar-refractivity contribution in [3.05, 3.63) is 0 Å². The van der Waals surface area contributed by atoms with E-state index in [1.54, 1.807) is 27.9 Å². The second-order valence-corrected chi connectivity index (χ2v) is 8.31. The maximum atomic E-state index is 11.5. The van der Waals surface area contributed by atoms with Crippen LogP contribution in [0.25, 0.3) is 0 Å². The summed E-state index contributed by atoms with van der Waals surface area (Å²) in [4.78, 5) is 35.5. The summed E-state index contributed by atoms with van der Waals surface area (Å²) >= 11 is 0. The lowest BCUT2D eigenvalue weighted by molar-refractivity contribution is -0.133. The number of hydrogen-bond acceptors (Lipinski definition) is 5. The normalized spacial score (nSPS) is 21.5. The molecular weight excluding hydrogens is 382 g/mol. The van der Waals surface area contributed by atoms with Gasteiger partial charge in [0.05, 0.1) is 12.2 Å². The fourth-order valence-corrected chi connectivity index (χ4v) is 3.73. The Hall–Kier alpha value is -1.27. The van der Waals surface area contributed by atoms with Crippen molar-refractivity contribution >= 4 is 17.5 Å². The molecule has 0 radical (unpaired) electrons. The Morgan fingerprint density at radius 2 is 1.60 bits per heavy atom. The van der Waals surface area contributed by atoms with Crippen molar-refractivity contribution in [1.29, 1.82) is 0 Å². The number of hydrogen-bond donors (Lipinski definition) is 1. The third-order valence-corrected chi connectivity index (χ3v) is 5.76. The molecule has 30 heavy (non-hydrogen) atoms. The average Bonchev–Trinajstić information content (AvgIpc) is 3.01. The minimum Gasteiger partial charge on any atom is -0.392 e. The molecule has 1 heterocycles. The molecule has 1 N–H and O–H groups in total. The van der Waals surface area contributed by atoms with Crippen LogP contribution in [-0.2, 0) is 19.1 Å². The monoisotopic (exact) mass is 431 g/mol. The van der Waals surface area contributed by atoms with Gasteiger partial charge in [-0.25, -0.2) is 0 Å². The summed E-state index contributed by atoms with van der Waals surface area (Å²) in [5.41, 5.74) is 0. The Bertz CT molecular complexity index is 506. The Kier molecular flexibility index (Phi) is 18.3. The summed E-state index contributed by atoms with van der Waals surface area (Å²) in [5.74, 6) is 0.371. The van der Waals surface area contributed by atoms with Crippen LogP contribution >= 0.6 is 0 Å². The molecule has 0 aromatic carbocycles. The van der Waals surface area contributed by atoms with Crippen LogP contribution in [0.3, 0.4) is 0 Å². The molecule has 6 nitrogen and oxygen atoms in total. The highest BCUT2D eigenvalue weighted by Crippen LogP contribution is 2.28. The van der Waals surface area contributed by atoms with E-state index >= 15 is 0 Å². The van der Waals surface area contributed by atoms with Gasteiger partial charge in [0.1, 0.15) is 11.6 Å². The highest BCUT2D eigenvalue weighted by molar-refractivity contribution is 5.79. The molecule has 1 amide bonds. The van der Waals surface area contributed by atoms with Gasteiger partial charge in [-0.05, 0) is 44.9 Å². The molecule has 0 bridgehead atoms. The fraction of sp³-hybridized carbons (Fsp3) is 0.875. The first-order valence-corrected chi connectivity index (χ1v) is 10.5. The third kappa shape index (κ3) is 10.7. The van der Waals surface area contributed by atoms with Gasteiger partial charge >= 0.3 is 0 Å². The van der Waals surface area contributed by atoms with Gasteiger partial charge < -0.3 is 14.7 Å². The van der Waals surface area contributed by atoms with E-state index in [0.29, 0.717) is 12.3 Å². The van der Waals surface area contributed by atoms with Crippen molar-refractivity contribution in [2.45, 2.75) is 94.3 Å². The summed E-state index contributed by atoms with van der Waals surface area (Å²) in [5, 5.41) is 9.99. The molecule has 1 fully saturated rings. The molecule has 0 saturated carbocycles. The topological polar surface area (TPSA) is 83.9 Å². The van der Waals surface area contributed by atoms with Crippen LogP contribution in [0.5, 0.6) is 0 Å². The molecule has 6 heteroatoms. The molecule has 1 unspecified atom stereocenters. The third-order valence-electron chi connectivity index (χ3n) is 5.76. The van der Waals surface area contributed by atoms with Gasteiger partial charge in [-0.2, -0.15) is 0 Å². The van der Waals surface area contributed by atoms with Gasteiger partial charge in [0, 0.05) is 39.0 Å². The van der Waals surface area contributed by atoms with Crippen LogP contribution in [-0.4, -0.2) is 60.4 Å². The van der Waals surface area contributed by atoms with Crippen molar-refractivity contribution in [1.82, 2.24) is 4.90 Å². The van der Waals surface area contributed by atoms with Crippen molar-refractivity contribution < 1.29 is 24.2 Å². The summed E-state index contributed by atoms with van der Waals surface area (Å²) in [6.45, 7) is 11.9. The zero-order chi connectivity index (χ0) is 22.0. The van der Waals surface area contributed by atoms with Crippen LogP contribution in [0.2, 0.25) is 0 Å². The number of ketones is 2. The Balaban J connectivity index is -0.000000469. The zero-order valence-electron chi connectivity index (χ0n) is 19.0. The van der Waals surface area contributed by atoms with E-state index in [0.717, 1.165) is 19.4 Å². The molecule has 0 aromatic rings. The molecule has 1 saturated heterocycles. The van der Waals surface area contributed by atoms with Crippen molar-refractivity contribution in [3.63, 3.8) is 0 Å². The zero-order valence-corrected chi connectivity index (χ0v) is 19.0. The number of Topliss-reactive ketones (excluding diaryl/α,β-unsaturated/α-hetero) is 2. The van der Waals surface area contributed by atoms with E-state index in [1.165, 1.54) is 11.8 Å². The lowest BCUT2D eigenvalue weighted by atomic mass is 9.85. The van der Waals surface area contributed by atoms with Gasteiger partial charge in [-0.15, -0.1) is 0 Å². The highest BCUT2D eigenvalue weighted by Gasteiger charge is 2.33. The van der Waals surface area contributed by atoms with Crippen LogP contribution in [0.1, 0.15) is 82.1 Å². The number of aliphatic hydroxyl groups is 1. The van der Waals surface area contributed by atoms with E-state index in [4.69, 9.17) is 4.74 Å². The first-order valence-electron chi connectivity index (χ1n) is 10.5. The molecule has 0 spiro atoms. The summed E-state index contributed by atoms with van der Waals surface area (Å²) in [7, 11) is 3.37. The molecule has 1 aliphatic rings. The second-order valence-electron chi connectivity index (χ2n) is 8.31. The quantitative estimate of drug-likeness (QED) is 0.586. The van der Waals surface area contributed by atoms with Gasteiger partial charge in [0.15, 0.2) is 0 Å². The van der Waals surface area contributed by atoms with E-state index < -0.39 is 6.10 Å². The number of aliphatic hydroxyl groups excluding tert-OH is 1. The van der Waals surface area contributed by atoms with Crippen LogP contribution < -0.4 is 0 Å². The van der Waals surface area contributed by atoms with Crippen molar-refractivity contribution in [2.24, 2.45) is 23.7 Å². The maximum Gasteiger partial charge on any atom is 0.222 e. The SMILES string of the molecule is C.C.CC[C@H](C(C)=O)C(O)[C@H](C)CC(=O)N(C)C.CC[C@H](C(C)=O)[C@@H]1OCC[C@H]1C. The molecule has 6 atom stereocenters. The standard InChI is InChI=1S/C12H23NO3.C10H18O2.2CH4/c1-6-10(9(3)14)12(16)8(2)7-11(15)13(4)5;1-4-9(8(3)11)10-7(2)5-6-12-10;;/h8,10,12,16H,6-7H2,1-5H3;7,9-10H,4-6H2,1-3H3;2*1H4/t8-,10-,12?;7-,9-,10-;;/m11../s1. The fourth-order valence-electron chi connectivity index (χ4n) is 3.73. The van der Waals surface area contributed by atoms with Gasteiger partial charge in [0.25, 0.3) is 0 Å². The number of carbonyl (C=O) groups is 3. The maximum absolute atomic E-state index is 11.5. The van der Waals surface area contributed by atoms with E-state index in [-0.39, 0.29) is 62.6 Å². The van der Waals surface area contributed by atoms with Gasteiger partial charge in [0.2, 0.25) is 5.91 Å². The highest BCUT2D eigenvalue weighted by atomic mass is 16.5. The Labute approximate surface area is 185 Å². The van der Waals surface area contributed by atoms with Crippen LogP contribution in [0.15, 0.2) is 0 Å². The first-order chi connectivity index (χ1) is 13.0. The van der Waals surface area contributed by atoms with E-state index in [1.807, 2.05) is 6.92 Å². The van der Waals surface area contributed by atoms with Crippen molar-refractivity contribution in [2.75, 3.05) is 20.7 Å². The number of rotatable bonds is 9. The van der Waals surface area contributed by atoms with Gasteiger partial charge in [-0.1, -0.05) is 42.5 Å². The average molecular weight is 432 g/mol. The predicted molar refractivity (Wildman–Crippen MR) is 124 cm³/mol. The smallest absolute Gasteiger partial charge is 0.222 e. The largest absolute Gasteiger partial charge is 0.392 e. The summed E-state index contributed by atoms with van der Waals surface area (Å²) in [6, 6.07) is 0. The second kappa shape index (κ2) is 16.4. The number of nitrogens with zero attached hydrogens (tertiary/aromatic N) is 1. The molecule has 180 valence electrons. The Morgan fingerprint density at radius 3 is 1.90 bits per heavy atom. The lowest BCUT2D eigenvalue weighted by Gasteiger charge is -2.25. The minimum atomic E-state index is -0.730. The molecule has 0 aromatic heterocycles. The molecular formula is C24H49NO5. The number of amides is 1. The van der Waals surface area contributed by atoms with Gasteiger partial charge in [-0.3, -0.25) is 14.4 Å². The predicted octanol–water partition coefficient (Wildman–Crippen LogP) is 4.38.